The molecule has 26 heavy (non-hydrogen) atoms. The van der Waals surface area contributed by atoms with E-state index >= 15 is 0 Å². The van der Waals surface area contributed by atoms with Gasteiger partial charge in [-0.3, -0.25) is 9.78 Å². The minimum absolute atomic E-state index is 0.0349. The first-order valence-electron chi connectivity index (χ1n) is 8.99. The molecule has 1 fully saturated rings. The van der Waals surface area contributed by atoms with E-state index < -0.39 is 0 Å². The lowest BCUT2D eigenvalue weighted by molar-refractivity contribution is -0.126. The molecule has 4 rings (SSSR count). The third-order valence-electron chi connectivity index (χ3n) is 4.61. The van der Waals surface area contributed by atoms with E-state index in [1.54, 1.807) is 23.5 Å². The smallest absolute Gasteiger partial charge is 0.246 e. The minimum Gasteiger partial charge on any atom is -0.352 e. The van der Waals surface area contributed by atoms with Crippen molar-refractivity contribution in [1.82, 2.24) is 19.9 Å². The molecule has 0 saturated carbocycles. The number of fused-ring (bicyclic) bond motifs is 1. The van der Waals surface area contributed by atoms with Gasteiger partial charge in [0.05, 0.1) is 6.89 Å². The highest BCUT2D eigenvalue weighted by atomic mass is 16.2. The number of rotatable bonds is 3. The highest BCUT2D eigenvalue weighted by Crippen LogP contribution is 2.28. The van der Waals surface area contributed by atoms with E-state index in [1.807, 2.05) is 18.2 Å². The molecule has 0 unspecified atom stereocenters. The fraction of sp³-hybridized carbons (Fsp3) is 0.200. The fourth-order valence-electron chi connectivity index (χ4n) is 3.23. The molecule has 0 atom stereocenters. The van der Waals surface area contributed by atoms with Gasteiger partial charge < -0.3 is 9.80 Å². The van der Waals surface area contributed by atoms with Crippen molar-refractivity contribution in [3.8, 4) is 11.1 Å². The number of pyridine rings is 1. The van der Waals surface area contributed by atoms with Crippen molar-refractivity contribution in [2.45, 2.75) is 0 Å². The lowest BCUT2D eigenvalue weighted by Crippen LogP contribution is -2.48. The number of hydrogen-bond acceptors (Lipinski definition) is 5. The first kappa shape index (κ1) is 15.0. The zero-order chi connectivity index (χ0) is 18.8. The van der Waals surface area contributed by atoms with Gasteiger partial charge in [0.15, 0.2) is 0 Å². The van der Waals surface area contributed by atoms with Crippen molar-refractivity contribution in [3.63, 3.8) is 0 Å². The molecule has 0 N–H and O–H groups in total. The van der Waals surface area contributed by atoms with Gasteiger partial charge in [-0.1, -0.05) is 18.7 Å². The number of amides is 1. The number of piperazine rings is 1. The molecular formula is C20H19N5O. The standard InChI is InChI=1S/C20H19N5O/c1-2-19(26)24-8-10-25(11-9-24)20-17-12-15(16-4-3-7-21-13-16)5-6-18(17)22-14-23-20/h2-7,12-14H,1,8-11H2/i3D. The molecule has 0 aliphatic carbocycles. The molecule has 1 aliphatic rings. The van der Waals surface area contributed by atoms with E-state index in [0.717, 1.165) is 27.8 Å². The summed E-state index contributed by atoms with van der Waals surface area (Å²) < 4.78 is 7.79. The second-order valence-corrected chi connectivity index (χ2v) is 6.12. The molecule has 0 bridgehead atoms. The molecule has 1 aromatic carbocycles. The number of carbonyl (C=O) groups excluding carboxylic acids is 1. The van der Waals surface area contributed by atoms with Crippen molar-refractivity contribution in [3.05, 3.63) is 61.7 Å². The normalized spacial score (nSPS) is 15.0. The Labute approximate surface area is 153 Å². The summed E-state index contributed by atoms with van der Waals surface area (Å²) >= 11 is 0. The van der Waals surface area contributed by atoms with Crippen molar-refractivity contribution >= 4 is 22.6 Å². The fourth-order valence-corrected chi connectivity index (χ4v) is 3.23. The monoisotopic (exact) mass is 346 g/mol. The van der Waals surface area contributed by atoms with Crippen LogP contribution in [0.3, 0.4) is 0 Å². The van der Waals surface area contributed by atoms with Crippen molar-refractivity contribution < 1.29 is 6.17 Å². The summed E-state index contributed by atoms with van der Waals surface area (Å²) in [6.45, 7) is 6.25. The minimum atomic E-state index is -0.0349. The van der Waals surface area contributed by atoms with E-state index in [0.29, 0.717) is 32.2 Å². The maximum Gasteiger partial charge on any atom is 0.246 e. The van der Waals surface area contributed by atoms with E-state index in [-0.39, 0.29) is 5.91 Å². The Kier molecular flexibility index (Phi) is 3.99. The van der Waals surface area contributed by atoms with Crippen LogP contribution < -0.4 is 4.90 Å². The summed E-state index contributed by atoms with van der Waals surface area (Å²) in [6, 6.07) is 8.15. The number of benzene rings is 1. The maximum atomic E-state index is 11.8. The molecule has 6 heteroatoms. The maximum absolute atomic E-state index is 11.8. The quantitative estimate of drug-likeness (QED) is 0.682. The van der Waals surface area contributed by atoms with Gasteiger partial charge in [0.2, 0.25) is 5.91 Å². The molecule has 1 saturated heterocycles. The van der Waals surface area contributed by atoms with Crippen molar-refractivity contribution in [2.75, 3.05) is 31.1 Å². The van der Waals surface area contributed by atoms with E-state index in [9.17, 15) is 4.79 Å². The van der Waals surface area contributed by atoms with Gasteiger partial charge in [-0.05, 0) is 29.8 Å². The number of hydrogen-bond donors (Lipinski definition) is 0. The predicted molar refractivity (Wildman–Crippen MR) is 102 cm³/mol. The average molecular weight is 346 g/mol. The Morgan fingerprint density at radius 2 is 2.00 bits per heavy atom. The Balaban J connectivity index is 1.68. The van der Waals surface area contributed by atoms with Crippen LogP contribution >= 0.6 is 0 Å². The third-order valence-corrected chi connectivity index (χ3v) is 4.61. The van der Waals surface area contributed by atoms with Crippen LogP contribution in [0.2, 0.25) is 0 Å². The zero-order valence-electron chi connectivity index (χ0n) is 15.3. The highest BCUT2D eigenvalue weighted by Gasteiger charge is 2.22. The zero-order valence-corrected chi connectivity index (χ0v) is 14.3. The average Bonchev–Trinajstić information content (AvgIpc) is 2.72. The van der Waals surface area contributed by atoms with Gasteiger partial charge in [-0.15, -0.1) is 0 Å². The molecule has 130 valence electrons. The molecule has 2 aromatic heterocycles. The summed E-state index contributed by atoms with van der Waals surface area (Å²) in [5, 5.41) is 0.953. The summed E-state index contributed by atoms with van der Waals surface area (Å²) in [7, 11) is 0. The molecule has 0 spiro atoms. The molecule has 3 heterocycles. The van der Waals surface area contributed by atoms with Crippen molar-refractivity contribution in [1.29, 1.82) is 0 Å². The van der Waals surface area contributed by atoms with E-state index in [2.05, 4.69) is 26.4 Å². The predicted octanol–water partition coefficient (Wildman–Crippen LogP) is 2.53. The topological polar surface area (TPSA) is 62.2 Å². The van der Waals surface area contributed by atoms with Gasteiger partial charge in [-0.2, -0.15) is 0 Å². The molecule has 1 amide bonds. The number of carbonyl (C=O) groups is 1. The lowest BCUT2D eigenvalue weighted by Gasteiger charge is -2.35. The van der Waals surface area contributed by atoms with Crippen LogP contribution in [0.5, 0.6) is 0 Å². The first-order chi connectivity index (χ1) is 13.2. The molecule has 3 aromatic rings. The second-order valence-electron chi connectivity index (χ2n) is 6.12. The van der Waals surface area contributed by atoms with Gasteiger partial charge >= 0.3 is 0 Å². The largest absolute Gasteiger partial charge is 0.352 e. The van der Waals surface area contributed by atoms with Crippen LogP contribution in [0.1, 0.15) is 1.37 Å². The Hall–Kier alpha value is -3.28. The van der Waals surface area contributed by atoms with Crippen LogP contribution in [-0.2, 0) is 4.79 Å². The molecule has 0 radical (unpaired) electrons. The molecule has 6 nitrogen and oxygen atoms in total. The van der Waals surface area contributed by atoms with Crippen LogP contribution in [0, 0.1) is 0 Å². The summed E-state index contributed by atoms with van der Waals surface area (Å²) in [6.07, 6.45) is 6.20. The SMILES string of the molecule is [2H]c1cncc(-c2ccc3ncnc(N4CCN(C(=O)C=C)CC4)c3c2)c1. The number of aromatic nitrogens is 3. The van der Waals surface area contributed by atoms with Crippen LogP contribution in [0.25, 0.3) is 22.0 Å². The highest BCUT2D eigenvalue weighted by molar-refractivity contribution is 5.93. The Morgan fingerprint density at radius 1 is 1.15 bits per heavy atom. The van der Waals surface area contributed by atoms with Crippen molar-refractivity contribution in [2.24, 2.45) is 0 Å². The van der Waals surface area contributed by atoms with Gasteiger partial charge in [0.1, 0.15) is 12.1 Å². The molecule has 1 aliphatic heterocycles. The molecular weight excluding hydrogens is 326 g/mol. The number of nitrogens with zero attached hydrogens (tertiary/aromatic N) is 5. The van der Waals surface area contributed by atoms with Gasteiger partial charge in [0.25, 0.3) is 0 Å². The van der Waals surface area contributed by atoms with Crippen LogP contribution in [0.15, 0.2) is 61.7 Å². The number of anilines is 1. The summed E-state index contributed by atoms with van der Waals surface area (Å²) in [4.78, 5) is 28.8. The summed E-state index contributed by atoms with van der Waals surface area (Å²) in [5.41, 5.74) is 2.73. The third kappa shape index (κ3) is 3.01. The summed E-state index contributed by atoms with van der Waals surface area (Å²) in [5.74, 6) is 0.829. The van der Waals surface area contributed by atoms with E-state index in [1.165, 1.54) is 12.3 Å². The van der Waals surface area contributed by atoms with Crippen LogP contribution in [-0.4, -0.2) is 51.9 Å². The second kappa shape index (κ2) is 6.92. The van der Waals surface area contributed by atoms with Crippen LogP contribution in [0.4, 0.5) is 5.82 Å². The van der Waals surface area contributed by atoms with Gasteiger partial charge in [0, 0.05) is 49.5 Å². The first-order valence-corrected chi connectivity index (χ1v) is 8.49. The van der Waals surface area contributed by atoms with Gasteiger partial charge in [-0.25, -0.2) is 9.97 Å². The Morgan fingerprint density at radius 3 is 2.77 bits per heavy atom. The lowest BCUT2D eigenvalue weighted by atomic mass is 10.0. The Bertz CT molecular complexity index is 1010. The van der Waals surface area contributed by atoms with E-state index in [4.69, 9.17) is 1.37 Å².